The number of rotatable bonds is 15. The van der Waals surface area contributed by atoms with Crippen molar-refractivity contribution in [3.05, 3.63) is 47.4 Å². The molecule has 2 atom stereocenters. The molecule has 0 heterocycles. The van der Waals surface area contributed by atoms with E-state index in [1.165, 1.54) is 36.3 Å². The van der Waals surface area contributed by atoms with E-state index in [0.717, 1.165) is 25.9 Å². The highest BCUT2D eigenvalue weighted by Crippen LogP contribution is 2.65. The number of nitrogens with zero attached hydrogens (tertiary/aromatic N) is 3. The van der Waals surface area contributed by atoms with Crippen LogP contribution in [-0.2, 0) is 0 Å². The molecular weight excluding hydrogens is 380 g/mol. The summed E-state index contributed by atoms with van der Waals surface area (Å²) in [6.45, 7) is 19.3. The van der Waals surface area contributed by atoms with Crippen molar-refractivity contribution in [1.82, 2.24) is 13.8 Å². The van der Waals surface area contributed by atoms with E-state index < -0.39 is 16.4 Å². The third-order valence-corrected chi connectivity index (χ3v) is 9.79. The Hall–Kier alpha value is -0.480. The summed E-state index contributed by atoms with van der Waals surface area (Å²) in [7, 11) is 5.60. The molecule has 0 aliphatic carbocycles. The Labute approximate surface area is 178 Å². The van der Waals surface area contributed by atoms with E-state index in [1.54, 1.807) is 0 Å². The summed E-state index contributed by atoms with van der Waals surface area (Å²) in [5.41, 5.74) is 6.56. The number of unbranched alkanes of at least 4 members (excludes halogenated alkanes) is 2. The van der Waals surface area contributed by atoms with Gasteiger partial charge >= 0.3 is 0 Å². The molecule has 0 aromatic rings. The standard InChI is InChI=1S/C23H43N3P2/c1-10-14-18-22(5)27(24(7)20-16-12-3)26(9)28(23(6)19-15-11-2)25(8)21-17-13-4/h10-11H,1,5,12-14,16-18,20-21H2,2-4,6-9H3. The van der Waals surface area contributed by atoms with Crippen molar-refractivity contribution in [3.63, 3.8) is 0 Å². The quantitative estimate of drug-likeness (QED) is 0.152. The average Bonchev–Trinajstić information content (AvgIpc) is 2.67. The van der Waals surface area contributed by atoms with Gasteiger partial charge in [0.15, 0.2) is 0 Å². The van der Waals surface area contributed by atoms with Crippen molar-refractivity contribution in [3.8, 4) is 0 Å². The minimum atomic E-state index is -0.612. The molecule has 0 fully saturated rings. The molecule has 28 heavy (non-hydrogen) atoms. The van der Waals surface area contributed by atoms with E-state index in [9.17, 15) is 0 Å². The zero-order valence-corrected chi connectivity index (χ0v) is 21.3. The fourth-order valence-corrected chi connectivity index (χ4v) is 9.12. The molecule has 0 rings (SSSR count). The molecule has 0 bridgehead atoms. The highest BCUT2D eigenvalue weighted by Gasteiger charge is 2.31. The van der Waals surface area contributed by atoms with Crippen LogP contribution in [0.4, 0.5) is 0 Å². The van der Waals surface area contributed by atoms with Crippen LogP contribution in [0, 0.1) is 0 Å². The predicted molar refractivity (Wildman–Crippen MR) is 132 cm³/mol. The van der Waals surface area contributed by atoms with Crippen molar-refractivity contribution in [2.75, 3.05) is 34.2 Å². The fourth-order valence-electron chi connectivity index (χ4n) is 3.00. The van der Waals surface area contributed by atoms with Crippen molar-refractivity contribution < 1.29 is 0 Å². The van der Waals surface area contributed by atoms with Gasteiger partial charge in [0.05, 0.1) is 16.4 Å². The van der Waals surface area contributed by atoms with Crippen LogP contribution in [0.25, 0.3) is 0 Å². The Morgan fingerprint density at radius 3 is 2.00 bits per heavy atom. The highest BCUT2D eigenvalue weighted by atomic mass is 31.2. The van der Waals surface area contributed by atoms with Gasteiger partial charge in [-0.3, -0.25) is 9.34 Å². The van der Waals surface area contributed by atoms with E-state index in [4.69, 9.17) is 0 Å². The molecule has 0 aliphatic rings. The minimum Gasteiger partial charge on any atom is -0.269 e. The maximum absolute atomic E-state index is 4.51. The van der Waals surface area contributed by atoms with Gasteiger partial charge in [-0.1, -0.05) is 50.8 Å². The van der Waals surface area contributed by atoms with Gasteiger partial charge in [0, 0.05) is 18.4 Å². The summed E-state index contributed by atoms with van der Waals surface area (Å²) < 4.78 is 7.63. The summed E-state index contributed by atoms with van der Waals surface area (Å²) >= 11 is 0. The molecule has 0 aliphatic heterocycles. The maximum Gasteiger partial charge on any atom is 0.0811 e. The summed E-state index contributed by atoms with van der Waals surface area (Å²) in [6, 6.07) is 0. The van der Waals surface area contributed by atoms with E-state index in [0.29, 0.717) is 0 Å². The Morgan fingerprint density at radius 1 is 1.00 bits per heavy atom. The molecule has 0 aromatic carbocycles. The Bertz CT molecular complexity index is 560. The van der Waals surface area contributed by atoms with Gasteiger partial charge in [-0.05, 0) is 72.1 Å². The van der Waals surface area contributed by atoms with Crippen molar-refractivity contribution in [1.29, 1.82) is 0 Å². The van der Waals surface area contributed by atoms with Gasteiger partial charge in [0.1, 0.15) is 0 Å². The van der Waals surface area contributed by atoms with Crippen LogP contribution in [0.5, 0.6) is 0 Å². The summed E-state index contributed by atoms with van der Waals surface area (Å²) in [6.07, 6.45) is 10.8. The van der Waals surface area contributed by atoms with Gasteiger partial charge in [-0.25, -0.2) is 4.44 Å². The van der Waals surface area contributed by atoms with Gasteiger partial charge < -0.3 is 0 Å². The van der Waals surface area contributed by atoms with Crippen LogP contribution in [-0.4, -0.2) is 48.0 Å². The maximum atomic E-state index is 4.51. The molecule has 0 radical (unpaired) electrons. The first-order valence-corrected chi connectivity index (χ1v) is 13.0. The predicted octanol–water partition coefficient (Wildman–Crippen LogP) is 7.72. The second-order valence-electron chi connectivity index (χ2n) is 7.07. The van der Waals surface area contributed by atoms with Gasteiger partial charge in [-0.15, -0.1) is 6.58 Å². The summed E-state index contributed by atoms with van der Waals surface area (Å²) in [5.74, 6) is 0. The first-order valence-electron chi connectivity index (χ1n) is 10.5. The number of allylic oxidation sites excluding steroid dienone is 4. The molecular formula is C23H43N3P2. The molecule has 2 unspecified atom stereocenters. The number of hydrogen-bond acceptors (Lipinski definition) is 3. The normalized spacial score (nSPS) is 13.2. The molecule has 0 amide bonds. The van der Waals surface area contributed by atoms with Crippen LogP contribution in [0.2, 0.25) is 0 Å². The topological polar surface area (TPSA) is 9.72 Å². The lowest BCUT2D eigenvalue weighted by atomic mass is 10.3. The molecule has 0 aromatic heterocycles. The Balaban J connectivity index is 5.92. The molecule has 0 saturated heterocycles. The average molecular weight is 424 g/mol. The zero-order chi connectivity index (χ0) is 21.5. The molecule has 3 nitrogen and oxygen atoms in total. The van der Waals surface area contributed by atoms with E-state index in [2.05, 4.69) is 80.3 Å². The lowest BCUT2D eigenvalue weighted by Gasteiger charge is -2.43. The molecule has 0 spiro atoms. The van der Waals surface area contributed by atoms with E-state index in [-0.39, 0.29) is 0 Å². The summed E-state index contributed by atoms with van der Waals surface area (Å²) in [5, 5.41) is 2.59. The molecule has 5 heteroatoms. The lowest BCUT2D eigenvalue weighted by Crippen LogP contribution is -2.27. The van der Waals surface area contributed by atoms with Crippen LogP contribution in [0.15, 0.2) is 47.4 Å². The smallest absolute Gasteiger partial charge is 0.0811 e. The molecule has 160 valence electrons. The zero-order valence-electron chi connectivity index (χ0n) is 19.5. The number of hydrogen-bond donors (Lipinski definition) is 0. The SMILES string of the molecule is C=CCCC(=C)P(N(C)CCCC)N(C)P(C(C)=C=C=CC)N(C)CCCC. The Kier molecular flexibility index (Phi) is 16.1. The second kappa shape index (κ2) is 16.3. The van der Waals surface area contributed by atoms with Crippen LogP contribution in [0.1, 0.15) is 66.2 Å². The third kappa shape index (κ3) is 9.82. The molecule has 0 N–H and O–H groups in total. The first kappa shape index (κ1) is 27.5. The second-order valence-corrected chi connectivity index (χ2v) is 12.4. The van der Waals surface area contributed by atoms with E-state index in [1.807, 2.05) is 19.1 Å². The first-order chi connectivity index (χ1) is 13.3. The summed E-state index contributed by atoms with van der Waals surface area (Å²) in [4.78, 5) is 0. The Morgan fingerprint density at radius 2 is 1.54 bits per heavy atom. The minimum absolute atomic E-state index is 0.589. The van der Waals surface area contributed by atoms with Gasteiger partial charge in [0.2, 0.25) is 0 Å². The monoisotopic (exact) mass is 423 g/mol. The highest BCUT2D eigenvalue weighted by molar-refractivity contribution is 7.72. The largest absolute Gasteiger partial charge is 0.269 e. The van der Waals surface area contributed by atoms with Crippen LogP contribution >= 0.6 is 16.4 Å². The van der Waals surface area contributed by atoms with Crippen molar-refractivity contribution in [2.45, 2.75) is 66.2 Å². The van der Waals surface area contributed by atoms with Crippen molar-refractivity contribution >= 4 is 16.4 Å². The third-order valence-electron chi connectivity index (χ3n) is 4.48. The lowest BCUT2D eigenvalue weighted by molar-refractivity contribution is 0.485. The van der Waals surface area contributed by atoms with Crippen LogP contribution in [0.3, 0.4) is 0 Å². The van der Waals surface area contributed by atoms with Crippen molar-refractivity contribution in [2.24, 2.45) is 0 Å². The van der Waals surface area contributed by atoms with Gasteiger partial charge in [-0.2, -0.15) is 0 Å². The molecule has 0 saturated carbocycles. The van der Waals surface area contributed by atoms with E-state index >= 15 is 0 Å². The fraction of sp³-hybridized carbons (Fsp3) is 0.652. The van der Waals surface area contributed by atoms with Crippen LogP contribution < -0.4 is 0 Å². The van der Waals surface area contributed by atoms with Gasteiger partial charge in [0.25, 0.3) is 0 Å².